The van der Waals surface area contributed by atoms with Gasteiger partial charge in [-0.2, -0.15) is 0 Å². The van der Waals surface area contributed by atoms with Gasteiger partial charge in [0, 0.05) is 17.1 Å². The monoisotopic (exact) mass is 699 g/mol. The highest BCUT2D eigenvalue weighted by molar-refractivity contribution is 6.14. The molecule has 0 unspecified atom stereocenters. The number of hydrogen-bond acceptors (Lipinski definition) is 1. The zero-order valence-corrected chi connectivity index (χ0v) is 30.3. The van der Waals surface area contributed by atoms with Gasteiger partial charge in [-0.15, -0.1) is 0 Å². The molecule has 1 heteroatoms. The molecular weight excluding hydrogens is 663 g/mol. The van der Waals surface area contributed by atoms with Crippen molar-refractivity contribution in [2.45, 2.75) is 0 Å². The number of benzene rings is 10. The fourth-order valence-electron chi connectivity index (χ4n) is 8.23. The Morgan fingerprint density at radius 3 is 1.51 bits per heavy atom. The van der Waals surface area contributed by atoms with E-state index in [1.165, 1.54) is 76.8 Å². The molecule has 10 rings (SSSR count). The van der Waals surface area contributed by atoms with Crippen molar-refractivity contribution >= 4 is 49.4 Å². The molecular formula is C54H37N. The lowest BCUT2D eigenvalue weighted by Crippen LogP contribution is -2.10. The smallest absolute Gasteiger partial charge is 0.0467 e. The van der Waals surface area contributed by atoms with Gasteiger partial charge in [-0.05, 0) is 119 Å². The molecule has 10 aromatic carbocycles. The number of anilines is 3. The van der Waals surface area contributed by atoms with E-state index in [1.807, 2.05) is 0 Å². The van der Waals surface area contributed by atoms with E-state index in [9.17, 15) is 0 Å². The number of rotatable bonds is 7. The normalized spacial score (nSPS) is 11.3. The average Bonchev–Trinajstić information content (AvgIpc) is 3.27. The molecule has 0 N–H and O–H groups in total. The third-order valence-electron chi connectivity index (χ3n) is 10.8. The van der Waals surface area contributed by atoms with Crippen molar-refractivity contribution in [3.8, 4) is 44.5 Å². The summed E-state index contributed by atoms with van der Waals surface area (Å²) in [6.07, 6.45) is 0. The van der Waals surface area contributed by atoms with Gasteiger partial charge in [0.15, 0.2) is 0 Å². The van der Waals surface area contributed by atoms with Gasteiger partial charge in [-0.3, -0.25) is 0 Å². The number of hydrogen-bond donors (Lipinski definition) is 0. The van der Waals surface area contributed by atoms with Crippen molar-refractivity contribution in [1.82, 2.24) is 0 Å². The van der Waals surface area contributed by atoms with E-state index in [1.54, 1.807) is 0 Å². The Morgan fingerprint density at radius 1 is 0.236 bits per heavy atom. The Hall–Kier alpha value is -7.22. The summed E-state index contributed by atoms with van der Waals surface area (Å²) >= 11 is 0. The molecule has 0 heterocycles. The predicted molar refractivity (Wildman–Crippen MR) is 235 cm³/mol. The van der Waals surface area contributed by atoms with Crippen LogP contribution in [0.1, 0.15) is 0 Å². The van der Waals surface area contributed by atoms with Gasteiger partial charge < -0.3 is 4.90 Å². The molecule has 0 saturated carbocycles. The zero-order valence-electron chi connectivity index (χ0n) is 30.3. The molecule has 10 aromatic rings. The fraction of sp³-hybridized carbons (Fsp3) is 0. The second-order valence-electron chi connectivity index (χ2n) is 14.1. The van der Waals surface area contributed by atoms with Crippen LogP contribution in [0.5, 0.6) is 0 Å². The van der Waals surface area contributed by atoms with Crippen LogP contribution in [0.4, 0.5) is 17.1 Å². The van der Waals surface area contributed by atoms with Gasteiger partial charge >= 0.3 is 0 Å². The maximum atomic E-state index is 2.39. The first kappa shape index (κ1) is 32.4. The van der Waals surface area contributed by atoms with Crippen molar-refractivity contribution in [3.05, 3.63) is 224 Å². The van der Waals surface area contributed by atoms with Gasteiger partial charge in [0.25, 0.3) is 0 Å². The molecule has 0 atom stereocenters. The Morgan fingerprint density at radius 2 is 0.782 bits per heavy atom. The van der Waals surface area contributed by atoms with E-state index in [0.717, 1.165) is 17.1 Å². The van der Waals surface area contributed by atoms with Crippen LogP contribution in [0, 0.1) is 0 Å². The maximum Gasteiger partial charge on any atom is 0.0467 e. The lowest BCUT2D eigenvalue weighted by atomic mass is 9.89. The summed E-state index contributed by atoms with van der Waals surface area (Å²) in [4.78, 5) is 2.39. The van der Waals surface area contributed by atoms with Crippen LogP contribution in [0.3, 0.4) is 0 Å². The molecule has 258 valence electrons. The van der Waals surface area contributed by atoms with Crippen LogP contribution in [-0.4, -0.2) is 0 Å². The molecule has 0 radical (unpaired) electrons. The highest BCUT2D eigenvalue weighted by Crippen LogP contribution is 2.43. The SMILES string of the molecule is c1ccc(-c2cccc(N(c3ccc(-c4c(-c5ccccc5)ccc5ccccc45)cc3)c3cccc(-c4cc5ccccc5c5ccccc45)c3)c2)cc1. The molecule has 0 aliphatic carbocycles. The van der Waals surface area contributed by atoms with Crippen molar-refractivity contribution in [1.29, 1.82) is 0 Å². The Kier molecular flexibility index (Phi) is 8.24. The van der Waals surface area contributed by atoms with E-state index in [4.69, 9.17) is 0 Å². The summed E-state index contributed by atoms with van der Waals surface area (Å²) in [5, 5.41) is 7.53. The minimum absolute atomic E-state index is 1.09. The second kappa shape index (κ2) is 14.0. The van der Waals surface area contributed by atoms with Crippen LogP contribution < -0.4 is 4.90 Å². The lowest BCUT2D eigenvalue weighted by Gasteiger charge is -2.27. The van der Waals surface area contributed by atoms with E-state index in [0.29, 0.717) is 0 Å². The molecule has 0 aromatic heterocycles. The van der Waals surface area contributed by atoms with Crippen LogP contribution in [0.25, 0.3) is 76.8 Å². The van der Waals surface area contributed by atoms with Crippen molar-refractivity contribution in [3.63, 3.8) is 0 Å². The standard InChI is InChI=1S/C54H37N/c1-3-15-38(16-4-1)42-21-13-23-46(35-42)55(47-24-14-22-43(36-47)53-37-44-20-8-9-25-48(44)51-27-11-12-28-52(51)53)45-32-29-41(30-33-45)54-49-26-10-7-19-40(49)31-34-50(54)39-17-5-2-6-18-39/h1-37H. The molecule has 1 nitrogen and oxygen atoms in total. The molecule has 0 saturated heterocycles. The van der Waals surface area contributed by atoms with E-state index in [2.05, 4.69) is 229 Å². The molecule has 0 spiro atoms. The number of fused-ring (bicyclic) bond motifs is 4. The molecule has 0 aliphatic heterocycles. The zero-order chi connectivity index (χ0) is 36.6. The molecule has 0 aliphatic rings. The third-order valence-corrected chi connectivity index (χ3v) is 10.8. The topological polar surface area (TPSA) is 3.24 Å². The van der Waals surface area contributed by atoms with Crippen LogP contribution in [-0.2, 0) is 0 Å². The first-order chi connectivity index (χ1) is 27.3. The average molecular weight is 700 g/mol. The molecule has 0 fully saturated rings. The van der Waals surface area contributed by atoms with Gasteiger partial charge in [0.2, 0.25) is 0 Å². The van der Waals surface area contributed by atoms with Gasteiger partial charge in [0.1, 0.15) is 0 Å². The van der Waals surface area contributed by atoms with Crippen molar-refractivity contribution in [2.75, 3.05) is 4.90 Å². The summed E-state index contributed by atoms with van der Waals surface area (Å²) < 4.78 is 0. The van der Waals surface area contributed by atoms with E-state index >= 15 is 0 Å². The van der Waals surface area contributed by atoms with Crippen LogP contribution >= 0.6 is 0 Å². The molecule has 0 amide bonds. The van der Waals surface area contributed by atoms with Gasteiger partial charge in [0.05, 0.1) is 0 Å². The van der Waals surface area contributed by atoms with Gasteiger partial charge in [-0.25, -0.2) is 0 Å². The fourth-order valence-corrected chi connectivity index (χ4v) is 8.23. The summed E-state index contributed by atoms with van der Waals surface area (Å²) in [5.41, 5.74) is 13.0. The Balaban J connectivity index is 1.14. The Labute approximate surface area is 322 Å². The summed E-state index contributed by atoms with van der Waals surface area (Å²) in [6.45, 7) is 0. The van der Waals surface area contributed by atoms with Crippen molar-refractivity contribution < 1.29 is 0 Å². The summed E-state index contributed by atoms with van der Waals surface area (Å²) in [7, 11) is 0. The molecule has 55 heavy (non-hydrogen) atoms. The first-order valence-electron chi connectivity index (χ1n) is 18.9. The lowest BCUT2D eigenvalue weighted by molar-refractivity contribution is 1.28. The summed E-state index contributed by atoms with van der Waals surface area (Å²) in [5.74, 6) is 0. The third kappa shape index (κ3) is 6.02. The molecule has 0 bridgehead atoms. The largest absolute Gasteiger partial charge is 0.310 e. The van der Waals surface area contributed by atoms with Crippen LogP contribution in [0.15, 0.2) is 224 Å². The minimum Gasteiger partial charge on any atom is -0.310 e. The van der Waals surface area contributed by atoms with Gasteiger partial charge in [-0.1, -0.05) is 182 Å². The summed E-state index contributed by atoms with van der Waals surface area (Å²) in [6, 6.07) is 81.4. The van der Waals surface area contributed by atoms with Crippen LogP contribution in [0.2, 0.25) is 0 Å². The Bertz CT molecular complexity index is 2960. The predicted octanol–water partition coefficient (Wildman–Crippen LogP) is 15.3. The highest BCUT2D eigenvalue weighted by atomic mass is 15.1. The van der Waals surface area contributed by atoms with Crippen molar-refractivity contribution in [2.24, 2.45) is 0 Å². The van der Waals surface area contributed by atoms with E-state index in [-0.39, 0.29) is 0 Å². The van der Waals surface area contributed by atoms with E-state index < -0.39 is 0 Å². The first-order valence-corrected chi connectivity index (χ1v) is 18.9. The minimum atomic E-state index is 1.09. The second-order valence-corrected chi connectivity index (χ2v) is 14.1. The quantitative estimate of drug-likeness (QED) is 0.150. The highest BCUT2D eigenvalue weighted by Gasteiger charge is 2.18. The number of nitrogens with zero attached hydrogens (tertiary/aromatic N) is 1. The maximum absolute atomic E-state index is 2.39.